The number of aryl methyl sites for hydroxylation is 2. The lowest BCUT2D eigenvalue weighted by Gasteiger charge is -2.00. The number of carbonyl (C=O) groups excluding carboxylic acids is 1. The first kappa shape index (κ1) is 12.5. The third-order valence-corrected chi connectivity index (χ3v) is 2.74. The van der Waals surface area contributed by atoms with Gasteiger partial charge in [0.25, 0.3) is 0 Å². The van der Waals surface area contributed by atoms with Crippen molar-refractivity contribution in [1.29, 1.82) is 0 Å². The van der Waals surface area contributed by atoms with Crippen LogP contribution in [0.25, 0.3) is 0 Å². The molecule has 0 spiro atoms. The molecule has 0 saturated carbocycles. The fourth-order valence-corrected chi connectivity index (χ4v) is 1.69. The van der Waals surface area contributed by atoms with Gasteiger partial charge >= 0.3 is 0 Å². The van der Waals surface area contributed by atoms with Crippen LogP contribution in [0, 0.1) is 25.7 Å². The Morgan fingerprint density at radius 1 is 1.44 bits per heavy atom. The van der Waals surface area contributed by atoms with E-state index in [1.54, 1.807) is 6.92 Å². The highest BCUT2D eigenvalue weighted by atomic mass is 16.1. The monoisotopic (exact) mass is 218 g/mol. The predicted octanol–water partition coefficient (Wildman–Crippen LogP) is 1.95. The van der Waals surface area contributed by atoms with Gasteiger partial charge in [0.2, 0.25) is 0 Å². The largest absolute Gasteiger partial charge is 0.299 e. The molecule has 0 atom stereocenters. The summed E-state index contributed by atoms with van der Waals surface area (Å²) < 4.78 is 1.82. The van der Waals surface area contributed by atoms with E-state index < -0.39 is 0 Å². The molecule has 86 valence electrons. The lowest BCUT2D eigenvalue weighted by Crippen LogP contribution is -2.04. The summed E-state index contributed by atoms with van der Waals surface area (Å²) in [6, 6.07) is 0. The molecule has 0 aliphatic heterocycles. The molecule has 0 saturated heterocycles. The van der Waals surface area contributed by atoms with Crippen LogP contribution in [0.4, 0.5) is 0 Å². The third-order valence-electron chi connectivity index (χ3n) is 2.74. The highest BCUT2D eigenvalue weighted by Gasteiger charge is 2.12. The number of nitrogens with zero attached hydrogens (tertiary/aromatic N) is 2. The maximum Gasteiger partial charge on any atom is 0.138 e. The van der Waals surface area contributed by atoms with Gasteiger partial charge in [-0.25, -0.2) is 0 Å². The summed E-state index contributed by atoms with van der Waals surface area (Å²) >= 11 is 0. The molecule has 0 amide bonds. The zero-order chi connectivity index (χ0) is 12.1. The minimum atomic E-state index is 0.238. The number of ketones is 1. The van der Waals surface area contributed by atoms with Gasteiger partial charge in [0.1, 0.15) is 5.78 Å². The van der Waals surface area contributed by atoms with Crippen molar-refractivity contribution in [3.63, 3.8) is 0 Å². The minimum Gasteiger partial charge on any atom is -0.299 e. The summed E-state index contributed by atoms with van der Waals surface area (Å²) in [4.78, 5) is 11.7. The van der Waals surface area contributed by atoms with Crippen LogP contribution < -0.4 is 0 Å². The molecule has 1 aromatic rings. The van der Waals surface area contributed by atoms with Crippen LogP contribution in [0.15, 0.2) is 0 Å². The molecular weight excluding hydrogens is 200 g/mol. The Morgan fingerprint density at radius 2 is 2.12 bits per heavy atom. The Hall–Kier alpha value is -1.56. The molecule has 16 heavy (non-hydrogen) atoms. The van der Waals surface area contributed by atoms with Crippen molar-refractivity contribution in [1.82, 2.24) is 9.78 Å². The zero-order valence-electron chi connectivity index (χ0n) is 10.4. The second-order valence-electron chi connectivity index (χ2n) is 3.92. The Kier molecular flexibility index (Phi) is 4.30. The Balaban J connectivity index is 2.65. The van der Waals surface area contributed by atoms with E-state index in [4.69, 9.17) is 0 Å². The van der Waals surface area contributed by atoms with Crippen LogP contribution in [0.3, 0.4) is 0 Å². The molecular formula is C13H18N2O. The van der Waals surface area contributed by atoms with E-state index in [0.717, 1.165) is 17.0 Å². The van der Waals surface area contributed by atoms with Gasteiger partial charge in [-0.3, -0.25) is 9.48 Å². The number of hydrogen-bond acceptors (Lipinski definition) is 2. The van der Waals surface area contributed by atoms with Crippen molar-refractivity contribution >= 4 is 5.78 Å². The highest BCUT2D eigenvalue weighted by Crippen LogP contribution is 2.13. The Morgan fingerprint density at radius 3 is 2.62 bits per heavy atom. The number of hydrogen-bond donors (Lipinski definition) is 0. The van der Waals surface area contributed by atoms with Crippen LogP contribution in [-0.4, -0.2) is 15.6 Å². The Labute approximate surface area is 96.8 Å². The van der Waals surface area contributed by atoms with Gasteiger partial charge in [-0.1, -0.05) is 0 Å². The lowest BCUT2D eigenvalue weighted by atomic mass is 10.0. The number of aromatic nitrogens is 2. The van der Waals surface area contributed by atoms with Gasteiger partial charge in [0, 0.05) is 37.6 Å². The normalized spacial score (nSPS) is 9.75. The number of Topliss-reactive ketones (excluding diaryl/α,β-unsaturated/α-hetero) is 1. The molecule has 0 aromatic carbocycles. The van der Waals surface area contributed by atoms with E-state index >= 15 is 0 Å². The molecule has 0 unspecified atom stereocenters. The Bertz CT molecular complexity index is 446. The van der Waals surface area contributed by atoms with Crippen LogP contribution in [0.1, 0.15) is 36.7 Å². The van der Waals surface area contributed by atoms with E-state index in [2.05, 4.69) is 16.9 Å². The molecule has 0 aliphatic carbocycles. The standard InChI is InChI=1S/C13H18N2O/c1-5-6-7-8-12(16)9-13-10(2)14-15(4)11(13)3/h7-9H2,1-4H3. The van der Waals surface area contributed by atoms with Crippen LogP contribution in [0.5, 0.6) is 0 Å². The second kappa shape index (κ2) is 5.50. The second-order valence-corrected chi connectivity index (χ2v) is 3.92. The fraction of sp³-hybridized carbons (Fsp3) is 0.538. The summed E-state index contributed by atoms with van der Waals surface area (Å²) in [7, 11) is 1.90. The third kappa shape index (κ3) is 2.96. The minimum absolute atomic E-state index is 0.238. The van der Waals surface area contributed by atoms with Gasteiger partial charge in [-0.15, -0.1) is 11.8 Å². The van der Waals surface area contributed by atoms with Gasteiger partial charge < -0.3 is 0 Å². The predicted molar refractivity (Wildman–Crippen MR) is 64.1 cm³/mol. The number of carbonyl (C=O) groups is 1. The van der Waals surface area contributed by atoms with Crippen LogP contribution in [0.2, 0.25) is 0 Å². The zero-order valence-corrected chi connectivity index (χ0v) is 10.4. The van der Waals surface area contributed by atoms with Crippen molar-refractivity contribution in [3.05, 3.63) is 17.0 Å². The van der Waals surface area contributed by atoms with E-state index in [0.29, 0.717) is 19.3 Å². The van der Waals surface area contributed by atoms with Crippen molar-refractivity contribution < 1.29 is 4.79 Å². The van der Waals surface area contributed by atoms with E-state index in [9.17, 15) is 4.79 Å². The number of rotatable bonds is 4. The molecule has 1 heterocycles. The fourth-order valence-electron chi connectivity index (χ4n) is 1.69. The molecule has 0 bridgehead atoms. The summed E-state index contributed by atoms with van der Waals surface area (Å²) in [5.41, 5.74) is 3.10. The molecule has 0 N–H and O–H groups in total. The molecule has 0 aliphatic rings. The van der Waals surface area contributed by atoms with Gasteiger partial charge in [0.05, 0.1) is 5.69 Å². The maximum absolute atomic E-state index is 11.7. The molecule has 1 aromatic heterocycles. The van der Waals surface area contributed by atoms with Gasteiger partial charge in [0.15, 0.2) is 0 Å². The molecule has 3 heteroatoms. The van der Waals surface area contributed by atoms with Crippen molar-refractivity contribution in [3.8, 4) is 11.8 Å². The molecule has 0 fully saturated rings. The van der Waals surface area contributed by atoms with Crippen LogP contribution in [-0.2, 0) is 18.3 Å². The van der Waals surface area contributed by atoms with E-state index in [-0.39, 0.29) is 5.78 Å². The molecule has 3 nitrogen and oxygen atoms in total. The van der Waals surface area contributed by atoms with Crippen LogP contribution >= 0.6 is 0 Å². The van der Waals surface area contributed by atoms with Crippen molar-refractivity contribution in [2.45, 2.75) is 40.0 Å². The van der Waals surface area contributed by atoms with Crippen molar-refractivity contribution in [2.24, 2.45) is 7.05 Å². The maximum atomic E-state index is 11.7. The first-order chi connectivity index (χ1) is 7.56. The average Bonchev–Trinajstić information content (AvgIpc) is 2.46. The lowest BCUT2D eigenvalue weighted by molar-refractivity contribution is -0.118. The molecule has 0 radical (unpaired) electrons. The summed E-state index contributed by atoms with van der Waals surface area (Å²) in [6.07, 6.45) is 1.68. The summed E-state index contributed by atoms with van der Waals surface area (Å²) in [5, 5.41) is 4.30. The SMILES string of the molecule is CC#CCCC(=O)Cc1c(C)nn(C)c1C. The summed E-state index contributed by atoms with van der Waals surface area (Å²) in [5.74, 6) is 5.94. The van der Waals surface area contributed by atoms with E-state index in [1.807, 2.05) is 25.6 Å². The average molecular weight is 218 g/mol. The first-order valence-corrected chi connectivity index (χ1v) is 5.46. The highest BCUT2D eigenvalue weighted by molar-refractivity contribution is 5.81. The first-order valence-electron chi connectivity index (χ1n) is 5.46. The van der Waals surface area contributed by atoms with E-state index in [1.165, 1.54) is 0 Å². The van der Waals surface area contributed by atoms with Gasteiger partial charge in [-0.05, 0) is 20.8 Å². The van der Waals surface area contributed by atoms with Crippen molar-refractivity contribution in [2.75, 3.05) is 0 Å². The smallest absolute Gasteiger partial charge is 0.138 e. The summed E-state index contributed by atoms with van der Waals surface area (Å²) in [6.45, 7) is 5.73. The quantitative estimate of drug-likeness (QED) is 0.724. The van der Waals surface area contributed by atoms with Gasteiger partial charge in [-0.2, -0.15) is 5.10 Å². The topological polar surface area (TPSA) is 34.9 Å². The molecule has 1 rings (SSSR count).